The van der Waals surface area contributed by atoms with Gasteiger partial charge in [0.2, 0.25) is 0 Å². The van der Waals surface area contributed by atoms with E-state index in [1.165, 1.54) is 18.4 Å². The average Bonchev–Trinajstić information content (AvgIpc) is 3.25. The van der Waals surface area contributed by atoms with E-state index in [4.69, 9.17) is 11.6 Å². The van der Waals surface area contributed by atoms with Crippen LogP contribution in [-0.2, 0) is 15.3 Å². The standard InChI is InChI=1S/C17H17ClFNO2S/c1-23(21,22)14-5-3-13(4-6-14)20-11-17(8-9-17)15-7-2-12(19)10-16(15)18/h2-7,10,20H,8-9,11H2,1H3. The third kappa shape index (κ3) is 3.51. The molecular formula is C17H17ClFNO2S. The first-order valence-corrected chi connectivity index (χ1v) is 9.57. The van der Waals surface area contributed by atoms with Crippen LogP contribution in [0.2, 0.25) is 5.02 Å². The number of nitrogens with one attached hydrogen (secondary N) is 1. The molecule has 1 fully saturated rings. The Bertz CT molecular complexity index is 830. The lowest BCUT2D eigenvalue weighted by atomic mass is 9.95. The van der Waals surface area contributed by atoms with Crippen LogP contribution in [0.4, 0.5) is 10.1 Å². The quantitative estimate of drug-likeness (QED) is 0.882. The Balaban J connectivity index is 1.73. The van der Waals surface area contributed by atoms with Gasteiger partial charge >= 0.3 is 0 Å². The molecule has 23 heavy (non-hydrogen) atoms. The third-order valence-corrected chi connectivity index (χ3v) is 5.71. The second-order valence-electron chi connectivity index (χ2n) is 6.05. The highest BCUT2D eigenvalue weighted by Crippen LogP contribution is 2.50. The Hall–Kier alpha value is -1.59. The van der Waals surface area contributed by atoms with E-state index >= 15 is 0 Å². The third-order valence-electron chi connectivity index (χ3n) is 4.27. The topological polar surface area (TPSA) is 46.2 Å². The molecule has 1 N–H and O–H groups in total. The fourth-order valence-electron chi connectivity index (χ4n) is 2.70. The maximum atomic E-state index is 13.2. The van der Waals surface area contributed by atoms with E-state index in [0.29, 0.717) is 16.5 Å². The zero-order valence-electron chi connectivity index (χ0n) is 12.6. The summed E-state index contributed by atoms with van der Waals surface area (Å²) < 4.78 is 36.1. The fourth-order valence-corrected chi connectivity index (χ4v) is 3.70. The molecule has 1 aliphatic rings. The van der Waals surface area contributed by atoms with Gasteiger partial charge in [0.05, 0.1) is 4.90 Å². The molecule has 0 radical (unpaired) electrons. The lowest BCUT2D eigenvalue weighted by Gasteiger charge is -2.19. The first-order valence-electron chi connectivity index (χ1n) is 7.30. The van der Waals surface area contributed by atoms with Gasteiger partial charge in [0.15, 0.2) is 9.84 Å². The van der Waals surface area contributed by atoms with E-state index in [0.717, 1.165) is 24.1 Å². The smallest absolute Gasteiger partial charge is 0.175 e. The van der Waals surface area contributed by atoms with Gasteiger partial charge in [0, 0.05) is 28.9 Å². The van der Waals surface area contributed by atoms with Crippen LogP contribution < -0.4 is 5.32 Å². The molecule has 0 aromatic heterocycles. The number of hydrogen-bond donors (Lipinski definition) is 1. The number of hydrogen-bond acceptors (Lipinski definition) is 3. The van der Waals surface area contributed by atoms with Crippen molar-refractivity contribution in [1.82, 2.24) is 0 Å². The van der Waals surface area contributed by atoms with E-state index in [9.17, 15) is 12.8 Å². The Morgan fingerprint density at radius 1 is 1.17 bits per heavy atom. The van der Waals surface area contributed by atoms with Gasteiger partial charge in [0.1, 0.15) is 5.82 Å². The second-order valence-corrected chi connectivity index (χ2v) is 8.48. The van der Waals surface area contributed by atoms with Crippen molar-refractivity contribution in [2.75, 3.05) is 18.1 Å². The van der Waals surface area contributed by atoms with Gasteiger partial charge in [-0.25, -0.2) is 12.8 Å². The van der Waals surface area contributed by atoms with E-state index in [1.54, 1.807) is 30.3 Å². The molecule has 2 aromatic rings. The minimum atomic E-state index is -3.18. The highest BCUT2D eigenvalue weighted by molar-refractivity contribution is 7.90. The van der Waals surface area contributed by atoms with E-state index in [2.05, 4.69) is 5.32 Å². The number of anilines is 1. The summed E-state index contributed by atoms with van der Waals surface area (Å²) in [6.07, 6.45) is 3.17. The van der Waals surface area contributed by atoms with Crippen LogP contribution in [0, 0.1) is 5.82 Å². The van der Waals surface area contributed by atoms with Gasteiger partial charge in [-0.3, -0.25) is 0 Å². The lowest BCUT2D eigenvalue weighted by Crippen LogP contribution is -2.20. The Labute approximate surface area is 140 Å². The number of sulfone groups is 1. The van der Waals surface area contributed by atoms with Crippen molar-refractivity contribution < 1.29 is 12.8 Å². The highest BCUT2D eigenvalue weighted by atomic mass is 35.5. The zero-order chi connectivity index (χ0) is 16.7. The molecule has 1 saturated carbocycles. The molecule has 1 aliphatic carbocycles. The molecule has 3 nitrogen and oxygen atoms in total. The molecule has 0 atom stereocenters. The lowest BCUT2D eigenvalue weighted by molar-refractivity contribution is 0.602. The largest absolute Gasteiger partial charge is 0.384 e. The average molecular weight is 354 g/mol. The summed E-state index contributed by atoms with van der Waals surface area (Å²) in [7, 11) is -3.18. The zero-order valence-corrected chi connectivity index (χ0v) is 14.2. The van der Waals surface area contributed by atoms with Gasteiger partial charge in [-0.05, 0) is 54.8 Å². The summed E-state index contributed by atoms with van der Waals surface area (Å²) in [5, 5.41) is 3.77. The Kier molecular flexibility index (Phi) is 4.10. The molecule has 0 spiro atoms. The Morgan fingerprint density at radius 3 is 2.35 bits per heavy atom. The van der Waals surface area contributed by atoms with Crippen LogP contribution in [0.15, 0.2) is 47.4 Å². The summed E-state index contributed by atoms with van der Waals surface area (Å²) in [6.45, 7) is 0.677. The number of halogens is 2. The molecule has 0 amide bonds. The number of benzene rings is 2. The van der Waals surface area contributed by atoms with Crippen LogP contribution in [-0.4, -0.2) is 21.2 Å². The summed E-state index contributed by atoms with van der Waals surface area (Å²) >= 11 is 6.17. The molecule has 3 rings (SSSR count). The first kappa shape index (κ1) is 16.3. The molecule has 0 aliphatic heterocycles. The molecule has 0 unspecified atom stereocenters. The van der Waals surface area contributed by atoms with Gasteiger partial charge < -0.3 is 5.32 Å². The van der Waals surface area contributed by atoms with E-state index in [1.807, 2.05) is 0 Å². The molecule has 0 bridgehead atoms. The maximum absolute atomic E-state index is 13.2. The van der Waals surface area contributed by atoms with Crippen LogP contribution in [0.25, 0.3) is 0 Å². The van der Waals surface area contributed by atoms with Crippen LogP contribution in [0.3, 0.4) is 0 Å². The van der Waals surface area contributed by atoms with Gasteiger partial charge in [0.25, 0.3) is 0 Å². The predicted octanol–water partition coefficient (Wildman–Crippen LogP) is 4.03. The highest BCUT2D eigenvalue weighted by Gasteiger charge is 2.45. The summed E-state index contributed by atoms with van der Waals surface area (Å²) in [5.41, 5.74) is 1.74. The SMILES string of the molecule is CS(=O)(=O)c1ccc(NCC2(c3ccc(F)cc3Cl)CC2)cc1. The fraction of sp³-hybridized carbons (Fsp3) is 0.294. The van der Waals surface area contributed by atoms with Crippen LogP contribution in [0.5, 0.6) is 0 Å². The van der Waals surface area contributed by atoms with Crippen molar-refractivity contribution in [3.05, 3.63) is 58.9 Å². The van der Waals surface area contributed by atoms with Crippen molar-refractivity contribution in [3.63, 3.8) is 0 Å². The minimum absolute atomic E-state index is 0.0692. The Morgan fingerprint density at radius 2 is 1.83 bits per heavy atom. The molecule has 2 aromatic carbocycles. The van der Waals surface area contributed by atoms with Crippen molar-refractivity contribution >= 4 is 27.1 Å². The van der Waals surface area contributed by atoms with Crippen LogP contribution in [0.1, 0.15) is 18.4 Å². The molecule has 0 saturated heterocycles. The minimum Gasteiger partial charge on any atom is -0.384 e. The summed E-state index contributed by atoms with van der Waals surface area (Å²) in [6, 6.07) is 11.2. The van der Waals surface area contributed by atoms with E-state index < -0.39 is 9.84 Å². The monoisotopic (exact) mass is 353 g/mol. The van der Waals surface area contributed by atoms with Crippen molar-refractivity contribution in [1.29, 1.82) is 0 Å². The molecule has 122 valence electrons. The summed E-state index contributed by atoms with van der Waals surface area (Å²) in [5.74, 6) is -0.334. The predicted molar refractivity (Wildman–Crippen MR) is 90.4 cm³/mol. The number of rotatable bonds is 5. The van der Waals surface area contributed by atoms with Crippen molar-refractivity contribution in [2.45, 2.75) is 23.2 Å². The van der Waals surface area contributed by atoms with E-state index in [-0.39, 0.29) is 11.2 Å². The van der Waals surface area contributed by atoms with Gasteiger partial charge in [-0.1, -0.05) is 17.7 Å². The molecule has 6 heteroatoms. The van der Waals surface area contributed by atoms with Crippen molar-refractivity contribution in [2.24, 2.45) is 0 Å². The van der Waals surface area contributed by atoms with Gasteiger partial charge in [-0.15, -0.1) is 0 Å². The van der Waals surface area contributed by atoms with Crippen LogP contribution >= 0.6 is 11.6 Å². The van der Waals surface area contributed by atoms with Gasteiger partial charge in [-0.2, -0.15) is 0 Å². The molecule has 0 heterocycles. The summed E-state index contributed by atoms with van der Waals surface area (Å²) in [4.78, 5) is 0.297. The van der Waals surface area contributed by atoms with Crippen molar-refractivity contribution in [3.8, 4) is 0 Å². The first-order chi connectivity index (χ1) is 10.8. The normalized spacial score (nSPS) is 16.1. The second kappa shape index (κ2) is 5.80. The maximum Gasteiger partial charge on any atom is 0.175 e. The molecular weight excluding hydrogens is 337 g/mol.